The number of benzene rings is 2. The van der Waals surface area contributed by atoms with Crippen LogP contribution in [0.1, 0.15) is 39.6 Å². The number of allylic oxidation sites excluding steroid dienone is 4. The maximum Gasteiger partial charge on any atom is 0.269 e. The van der Waals surface area contributed by atoms with Gasteiger partial charge in [0.1, 0.15) is 6.29 Å². The zero-order valence-electron chi connectivity index (χ0n) is 23.6. The number of anilines is 1. The minimum Gasteiger partial charge on any atom is -0.320 e. The van der Waals surface area contributed by atoms with E-state index in [1.165, 1.54) is 18.0 Å². The first-order valence-corrected chi connectivity index (χ1v) is 15.3. The van der Waals surface area contributed by atoms with Crippen LogP contribution in [0.3, 0.4) is 0 Å². The van der Waals surface area contributed by atoms with E-state index in [1.54, 1.807) is 65.6 Å². The quantitative estimate of drug-likeness (QED) is 0.220. The Balaban J connectivity index is 1.39. The van der Waals surface area contributed by atoms with Crippen molar-refractivity contribution in [1.29, 1.82) is 0 Å². The number of rotatable bonds is 8. The van der Waals surface area contributed by atoms with Crippen molar-refractivity contribution in [1.82, 2.24) is 18.7 Å². The van der Waals surface area contributed by atoms with Crippen molar-refractivity contribution in [3.8, 4) is 11.1 Å². The number of amides is 1. The molecule has 1 aliphatic carbocycles. The van der Waals surface area contributed by atoms with E-state index in [0.717, 1.165) is 27.8 Å². The normalized spacial score (nSPS) is 14.9. The molecular weight excluding hydrogens is 562 g/mol. The van der Waals surface area contributed by atoms with E-state index in [-0.39, 0.29) is 16.2 Å². The van der Waals surface area contributed by atoms with Crippen LogP contribution in [0.5, 0.6) is 0 Å². The van der Waals surface area contributed by atoms with Crippen molar-refractivity contribution in [2.24, 2.45) is 5.92 Å². The van der Waals surface area contributed by atoms with Gasteiger partial charge in [-0.25, -0.2) is 17.4 Å². The first-order valence-electron chi connectivity index (χ1n) is 13.8. The van der Waals surface area contributed by atoms with Crippen LogP contribution in [0.15, 0.2) is 108 Å². The Bertz CT molecular complexity index is 2040. The van der Waals surface area contributed by atoms with Crippen molar-refractivity contribution in [3.63, 3.8) is 0 Å². The highest BCUT2D eigenvalue weighted by Crippen LogP contribution is 2.32. The minimum absolute atomic E-state index is 0.0970. The topological polar surface area (TPSA) is 116 Å². The van der Waals surface area contributed by atoms with Crippen LogP contribution >= 0.6 is 0 Å². The van der Waals surface area contributed by atoms with Gasteiger partial charge >= 0.3 is 0 Å². The Labute approximate surface area is 249 Å². The van der Waals surface area contributed by atoms with Crippen molar-refractivity contribution < 1.29 is 18.0 Å². The van der Waals surface area contributed by atoms with Gasteiger partial charge in [0.2, 0.25) is 0 Å². The van der Waals surface area contributed by atoms with Gasteiger partial charge in [-0.15, -0.1) is 0 Å². The predicted octanol–water partition coefficient (Wildman–Crippen LogP) is 6.03. The molecule has 1 unspecified atom stereocenters. The molecule has 2 aromatic carbocycles. The summed E-state index contributed by atoms with van der Waals surface area (Å²) >= 11 is 0. The van der Waals surface area contributed by atoms with Crippen molar-refractivity contribution in [2.75, 3.05) is 5.32 Å². The molecule has 1 atom stereocenters. The number of hydrogen-bond donors (Lipinski definition) is 1. The molecule has 1 amide bonds. The van der Waals surface area contributed by atoms with Crippen LogP contribution < -0.4 is 5.32 Å². The van der Waals surface area contributed by atoms with Crippen LogP contribution in [-0.2, 0) is 16.6 Å². The monoisotopic (exact) mass is 591 g/mol. The van der Waals surface area contributed by atoms with Crippen LogP contribution in [0.4, 0.5) is 5.69 Å². The van der Waals surface area contributed by atoms with Gasteiger partial charge in [-0.3, -0.25) is 14.3 Å². The summed E-state index contributed by atoms with van der Waals surface area (Å²) in [4.78, 5) is 29.4. The molecule has 6 rings (SSSR count). The molecule has 0 fully saturated rings. The minimum atomic E-state index is -4.04. The molecule has 0 radical (unpaired) electrons. The standard InChI is InChI=1S/C33H29N5O4S/c1-22-10-12-29(13-11-22)43(41,42)38-20-31(30-15-27(16-34-32(30)38)25-9-5-7-24(14-25)21-39)36-33(40)28-17-35-37(19-28)18-26-8-4-3-6-23(26)2/h3-5,7-17,19-21,23H,6,18H2,1-2H3,(H,36,40). The summed E-state index contributed by atoms with van der Waals surface area (Å²) in [7, 11) is -4.04. The van der Waals surface area contributed by atoms with Gasteiger partial charge in [-0.2, -0.15) is 5.10 Å². The average Bonchev–Trinajstić information content (AvgIpc) is 3.63. The Morgan fingerprint density at radius 3 is 2.65 bits per heavy atom. The molecule has 1 N–H and O–H groups in total. The summed E-state index contributed by atoms with van der Waals surface area (Å²) in [5, 5.41) is 7.69. The molecule has 0 saturated heterocycles. The molecule has 43 heavy (non-hydrogen) atoms. The third-order valence-corrected chi connectivity index (χ3v) is 9.27. The number of aromatic nitrogens is 4. The lowest BCUT2D eigenvalue weighted by Gasteiger charge is -2.16. The van der Waals surface area contributed by atoms with Crippen molar-refractivity contribution in [2.45, 2.75) is 31.7 Å². The summed E-state index contributed by atoms with van der Waals surface area (Å²) in [5.74, 6) is -0.0426. The number of pyridine rings is 1. The zero-order chi connectivity index (χ0) is 30.1. The molecule has 0 bridgehead atoms. The SMILES string of the molecule is Cc1ccc(S(=O)(=O)n2cc(NC(=O)c3cnn(CC4=CC=CCC4C)c3)c3cc(-c4cccc(C=O)c4)cnc32)cc1. The van der Waals surface area contributed by atoms with Gasteiger partial charge < -0.3 is 5.32 Å². The molecule has 0 saturated carbocycles. The second-order valence-electron chi connectivity index (χ2n) is 10.7. The van der Waals surface area contributed by atoms with E-state index in [9.17, 15) is 18.0 Å². The Morgan fingerprint density at radius 2 is 1.88 bits per heavy atom. The van der Waals surface area contributed by atoms with Gasteiger partial charge in [0.05, 0.1) is 28.9 Å². The second-order valence-corrected chi connectivity index (χ2v) is 12.5. The lowest BCUT2D eigenvalue weighted by molar-refractivity contribution is 0.102. The molecule has 3 heterocycles. The zero-order valence-corrected chi connectivity index (χ0v) is 24.5. The van der Waals surface area contributed by atoms with Gasteiger partial charge in [0.15, 0.2) is 5.65 Å². The van der Waals surface area contributed by atoms with Crippen LogP contribution in [0, 0.1) is 12.8 Å². The number of fused-ring (bicyclic) bond motifs is 1. The largest absolute Gasteiger partial charge is 0.320 e. The summed E-state index contributed by atoms with van der Waals surface area (Å²) in [5.41, 5.74) is 4.81. The van der Waals surface area contributed by atoms with Crippen molar-refractivity contribution in [3.05, 3.63) is 120 Å². The number of carbonyl (C=O) groups excluding carboxylic acids is 2. The number of nitrogens with zero attached hydrogens (tertiary/aromatic N) is 4. The Hall–Kier alpha value is -5.09. The van der Waals surface area contributed by atoms with Gasteiger partial charge in [-0.1, -0.05) is 61.0 Å². The first kappa shape index (κ1) is 28.0. The Morgan fingerprint density at radius 1 is 1.07 bits per heavy atom. The highest BCUT2D eigenvalue weighted by atomic mass is 32.2. The van der Waals surface area contributed by atoms with Gasteiger partial charge in [0, 0.05) is 35.1 Å². The lowest BCUT2D eigenvalue weighted by Crippen LogP contribution is -2.13. The van der Waals surface area contributed by atoms with Gasteiger partial charge in [0.25, 0.3) is 15.9 Å². The Kier molecular flexibility index (Phi) is 7.37. The first-order chi connectivity index (χ1) is 20.7. The maximum atomic E-state index is 13.7. The fourth-order valence-corrected chi connectivity index (χ4v) is 6.41. The molecule has 1 aliphatic rings. The van der Waals surface area contributed by atoms with Crippen LogP contribution in [-0.4, -0.2) is 39.3 Å². The molecule has 0 spiro atoms. The summed E-state index contributed by atoms with van der Waals surface area (Å²) in [6, 6.07) is 15.3. The smallest absolute Gasteiger partial charge is 0.269 e. The third kappa shape index (κ3) is 5.56. The average molecular weight is 592 g/mol. The van der Waals surface area contributed by atoms with E-state index in [2.05, 4.69) is 34.5 Å². The number of aryl methyl sites for hydroxylation is 1. The lowest BCUT2D eigenvalue weighted by atomic mass is 9.93. The molecule has 5 aromatic rings. The highest BCUT2D eigenvalue weighted by molar-refractivity contribution is 7.90. The fourth-order valence-electron chi connectivity index (χ4n) is 5.08. The number of carbonyl (C=O) groups is 2. The third-order valence-electron chi connectivity index (χ3n) is 7.60. The van der Waals surface area contributed by atoms with E-state index >= 15 is 0 Å². The van der Waals surface area contributed by atoms with E-state index in [4.69, 9.17) is 0 Å². The van der Waals surface area contributed by atoms with E-state index in [1.807, 2.05) is 19.1 Å². The highest BCUT2D eigenvalue weighted by Gasteiger charge is 2.24. The fraction of sp³-hybridized carbons (Fsp3) is 0.152. The summed E-state index contributed by atoms with van der Waals surface area (Å²) < 4.78 is 30.3. The molecule has 9 nitrogen and oxygen atoms in total. The van der Waals surface area contributed by atoms with E-state index in [0.29, 0.717) is 34.5 Å². The predicted molar refractivity (Wildman–Crippen MR) is 166 cm³/mol. The molecule has 0 aliphatic heterocycles. The summed E-state index contributed by atoms with van der Waals surface area (Å²) in [6.45, 7) is 4.61. The van der Waals surface area contributed by atoms with Crippen molar-refractivity contribution >= 4 is 38.9 Å². The second kappa shape index (κ2) is 11.3. The maximum absolute atomic E-state index is 13.7. The number of hydrogen-bond acceptors (Lipinski definition) is 6. The number of aldehydes is 1. The molecule has 3 aromatic heterocycles. The molecule has 10 heteroatoms. The van der Waals surface area contributed by atoms with Gasteiger partial charge in [-0.05, 0) is 54.7 Å². The van der Waals surface area contributed by atoms with Crippen LogP contribution in [0.2, 0.25) is 0 Å². The number of nitrogens with one attached hydrogen (secondary N) is 1. The molecule has 216 valence electrons. The van der Waals surface area contributed by atoms with E-state index < -0.39 is 15.9 Å². The van der Waals surface area contributed by atoms with Crippen LogP contribution in [0.25, 0.3) is 22.2 Å². The summed E-state index contributed by atoms with van der Waals surface area (Å²) in [6.07, 6.45) is 14.1. The molecular formula is C33H29N5O4S.